The summed E-state index contributed by atoms with van der Waals surface area (Å²) in [6.45, 7) is 1.55. The number of benzene rings is 2. The van der Waals surface area contributed by atoms with E-state index in [1.165, 1.54) is 0 Å². The van der Waals surface area contributed by atoms with E-state index in [4.69, 9.17) is 14.0 Å². The standard InChI is InChI=1S/C20H20N2O4S/c1-13(23)14-7-8-18(25-3)16(9-14)11-27-12-19-21-20(22-26-19)15-5-4-6-17(10-15)24-2/h4-10H,11-12H2,1-3H3. The molecule has 1 aromatic heterocycles. The average molecular weight is 384 g/mol. The quantitative estimate of drug-likeness (QED) is 0.533. The number of aromatic nitrogens is 2. The van der Waals surface area contributed by atoms with Crippen molar-refractivity contribution in [3.8, 4) is 22.9 Å². The fourth-order valence-corrected chi connectivity index (χ4v) is 3.39. The van der Waals surface area contributed by atoms with E-state index in [0.29, 0.717) is 28.8 Å². The van der Waals surface area contributed by atoms with E-state index >= 15 is 0 Å². The maximum Gasteiger partial charge on any atom is 0.236 e. The van der Waals surface area contributed by atoms with E-state index in [1.807, 2.05) is 36.4 Å². The molecular formula is C20H20N2O4S. The Bertz CT molecular complexity index is 939. The van der Waals surface area contributed by atoms with Crippen LogP contribution >= 0.6 is 11.8 Å². The number of thioether (sulfide) groups is 1. The molecule has 0 saturated carbocycles. The summed E-state index contributed by atoms with van der Waals surface area (Å²) < 4.78 is 15.9. The molecule has 3 aromatic rings. The Morgan fingerprint density at radius 2 is 1.96 bits per heavy atom. The molecule has 7 heteroatoms. The molecule has 0 atom stereocenters. The first-order chi connectivity index (χ1) is 13.1. The van der Waals surface area contributed by atoms with Gasteiger partial charge in [0, 0.05) is 22.4 Å². The lowest BCUT2D eigenvalue weighted by Gasteiger charge is -2.09. The third-order valence-electron chi connectivity index (χ3n) is 3.97. The maximum atomic E-state index is 11.6. The van der Waals surface area contributed by atoms with Gasteiger partial charge >= 0.3 is 0 Å². The predicted molar refractivity (Wildman–Crippen MR) is 104 cm³/mol. The Balaban J connectivity index is 1.65. The van der Waals surface area contributed by atoms with Crippen LogP contribution in [0.5, 0.6) is 11.5 Å². The van der Waals surface area contributed by atoms with Gasteiger partial charge in [0.1, 0.15) is 11.5 Å². The number of carbonyl (C=O) groups excluding carboxylic acids is 1. The number of Topliss-reactive ketones (excluding diaryl/α,β-unsaturated/α-hetero) is 1. The summed E-state index contributed by atoms with van der Waals surface area (Å²) >= 11 is 1.61. The first-order valence-electron chi connectivity index (χ1n) is 8.33. The first-order valence-corrected chi connectivity index (χ1v) is 9.48. The Morgan fingerprint density at radius 3 is 2.70 bits per heavy atom. The van der Waals surface area contributed by atoms with Gasteiger partial charge < -0.3 is 14.0 Å². The van der Waals surface area contributed by atoms with Crippen LogP contribution < -0.4 is 9.47 Å². The van der Waals surface area contributed by atoms with Crippen LogP contribution in [0.3, 0.4) is 0 Å². The largest absolute Gasteiger partial charge is 0.497 e. The van der Waals surface area contributed by atoms with Crippen molar-refractivity contribution < 1.29 is 18.8 Å². The summed E-state index contributed by atoms with van der Waals surface area (Å²) in [5.74, 6) is 3.83. The normalized spacial score (nSPS) is 10.6. The van der Waals surface area contributed by atoms with E-state index in [-0.39, 0.29) is 5.78 Å². The fourth-order valence-electron chi connectivity index (χ4n) is 2.55. The number of ether oxygens (including phenoxy) is 2. The molecular weight excluding hydrogens is 364 g/mol. The van der Waals surface area contributed by atoms with Gasteiger partial charge in [-0.2, -0.15) is 4.98 Å². The molecule has 27 heavy (non-hydrogen) atoms. The number of hydrogen-bond acceptors (Lipinski definition) is 7. The van der Waals surface area contributed by atoms with Crippen molar-refractivity contribution in [3.05, 3.63) is 59.5 Å². The lowest BCUT2D eigenvalue weighted by molar-refractivity contribution is 0.101. The Hall–Kier alpha value is -2.80. The fraction of sp³-hybridized carbons (Fsp3) is 0.250. The van der Waals surface area contributed by atoms with Gasteiger partial charge in [-0.3, -0.25) is 4.79 Å². The second-order valence-corrected chi connectivity index (χ2v) is 6.80. The molecule has 0 bridgehead atoms. The van der Waals surface area contributed by atoms with Crippen LogP contribution in [0.4, 0.5) is 0 Å². The highest BCUT2D eigenvalue weighted by Gasteiger charge is 2.11. The van der Waals surface area contributed by atoms with Crippen LogP contribution in [0, 0.1) is 0 Å². The highest BCUT2D eigenvalue weighted by Crippen LogP contribution is 2.27. The molecule has 0 fully saturated rings. The molecule has 0 spiro atoms. The molecule has 2 aromatic carbocycles. The SMILES string of the molecule is COc1cccc(-c2noc(CSCc3cc(C(C)=O)ccc3OC)n2)c1. The van der Waals surface area contributed by atoms with E-state index in [1.54, 1.807) is 39.0 Å². The Morgan fingerprint density at radius 1 is 1.11 bits per heavy atom. The zero-order valence-electron chi connectivity index (χ0n) is 15.4. The topological polar surface area (TPSA) is 74.5 Å². The average Bonchev–Trinajstić information content (AvgIpc) is 3.17. The number of ketones is 1. The van der Waals surface area contributed by atoms with Crippen LogP contribution in [-0.4, -0.2) is 30.1 Å². The van der Waals surface area contributed by atoms with Gasteiger partial charge in [-0.1, -0.05) is 17.3 Å². The van der Waals surface area contributed by atoms with Crippen LogP contribution in [0.25, 0.3) is 11.4 Å². The number of hydrogen-bond donors (Lipinski definition) is 0. The van der Waals surface area contributed by atoms with Crippen LogP contribution in [-0.2, 0) is 11.5 Å². The second kappa shape index (κ2) is 8.73. The van der Waals surface area contributed by atoms with E-state index < -0.39 is 0 Å². The molecule has 0 N–H and O–H groups in total. The summed E-state index contributed by atoms with van der Waals surface area (Å²) in [6, 6.07) is 13.0. The van der Waals surface area contributed by atoms with Crippen molar-refractivity contribution in [1.29, 1.82) is 0 Å². The van der Waals surface area contributed by atoms with Crippen molar-refractivity contribution in [3.63, 3.8) is 0 Å². The summed E-state index contributed by atoms with van der Waals surface area (Å²) in [6.07, 6.45) is 0. The van der Waals surface area contributed by atoms with Gasteiger partial charge in [0.05, 0.1) is 20.0 Å². The molecule has 0 aliphatic heterocycles. The van der Waals surface area contributed by atoms with Crippen molar-refractivity contribution >= 4 is 17.5 Å². The zero-order chi connectivity index (χ0) is 19.2. The van der Waals surface area contributed by atoms with E-state index in [9.17, 15) is 4.79 Å². The minimum absolute atomic E-state index is 0.0312. The molecule has 3 rings (SSSR count). The second-order valence-electron chi connectivity index (χ2n) is 5.82. The molecule has 1 heterocycles. The van der Waals surface area contributed by atoms with Gasteiger partial charge in [0.2, 0.25) is 11.7 Å². The smallest absolute Gasteiger partial charge is 0.236 e. The summed E-state index contributed by atoms with van der Waals surface area (Å²) in [7, 11) is 3.24. The summed E-state index contributed by atoms with van der Waals surface area (Å²) in [5.41, 5.74) is 2.47. The van der Waals surface area contributed by atoms with E-state index in [0.717, 1.165) is 22.6 Å². The molecule has 0 saturated heterocycles. The molecule has 0 aliphatic rings. The lowest BCUT2D eigenvalue weighted by atomic mass is 10.1. The molecule has 0 amide bonds. The van der Waals surface area contributed by atoms with Gasteiger partial charge in [-0.15, -0.1) is 11.8 Å². The van der Waals surface area contributed by atoms with Crippen LogP contribution in [0.15, 0.2) is 47.0 Å². The highest BCUT2D eigenvalue weighted by atomic mass is 32.2. The molecule has 6 nitrogen and oxygen atoms in total. The van der Waals surface area contributed by atoms with Crippen molar-refractivity contribution in [2.45, 2.75) is 18.4 Å². The third kappa shape index (κ3) is 4.68. The van der Waals surface area contributed by atoms with Crippen molar-refractivity contribution in [1.82, 2.24) is 10.1 Å². The molecule has 0 aliphatic carbocycles. The highest BCUT2D eigenvalue weighted by molar-refractivity contribution is 7.97. The van der Waals surface area contributed by atoms with E-state index in [2.05, 4.69) is 10.1 Å². The number of methoxy groups -OCH3 is 2. The number of rotatable bonds is 8. The van der Waals surface area contributed by atoms with Crippen molar-refractivity contribution in [2.75, 3.05) is 14.2 Å². The van der Waals surface area contributed by atoms with Crippen molar-refractivity contribution in [2.24, 2.45) is 0 Å². The number of carbonyl (C=O) groups is 1. The van der Waals surface area contributed by atoms with Crippen LogP contribution in [0.1, 0.15) is 28.7 Å². The predicted octanol–water partition coefficient (Wildman–Crippen LogP) is 4.39. The molecule has 140 valence electrons. The molecule has 0 radical (unpaired) electrons. The third-order valence-corrected chi connectivity index (χ3v) is 4.93. The Labute approximate surface area is 161 Å². The minimum Gasteiger partial charge on any atom is -0.497 e. The molecule has 0 unspecified atom stereocenters. The van der Waals surface area contributed by atoms with Crippen LogP contribution in [0.2, 0.25) is 0 Å². The van der Waals surface area contributed by atoms with Gasteiger partial charge in [-0.05, 0) is 37.3 Å². The van der Waals surface area contributed by atoms with Gasteiger partial charge in [0.15, 0.2) is 5.78 Å². The summed E-state index contributed by atoms with van der Waals surface area (Å²) in [5, 5.41) is 4.03. The van der Waals surface area contributed by atoms with Gasteiger partial charge in [0.25, 0.3) is 0 Å². The summed E-state index contributed by atoms with van der Waals surface area (Å²) in [4.78, 5) is 16.0. The zero-order valence-corrected chi connectivity index (χ0v) is 16.2. The maximum absolute atomic E-state index is 11.6. The monoisotopic (exact) mass is 384 g/mol. The minimum atomic E-state index is 0.0312. The van der Waals surface area contributed by atoms with Gasteiger partial charge in [-0.25, -0.2) is 0 Å². The first kappa shape index (κ1) is 19.0. The number of nitrogens with zero attached hydrogens (tertiary/aromatic N) is 2. The Kier molecular flexibility index (Phi) is 6.13. The lowest BCUT2D eigenvalue weighted by Crippen LogP contribution is -1.97.